The molecular weight excluding hydrogens is 376 g/mol. The summed E-state index contributed by atoms with van der Waals surface area (Å²) in [4.78, 5) is 21.0. The molecule has 0 amide bonds. The Labute approximate surface area is 165 Å². The van der Waals surface area contributed by atoms with Gasteiger partial charge in [0.2, 0.25) is 0 Å². The zero-order valence-electron chi connectivity index (χ0n) is 15.0. The van der Waals surface area contributed by atoms with Crippen LogP contribution in [0.2, 0.25) is 0 Å². The minimum Gasteiger partial charge on any atom is -0.496 e. The lowest BCUT2D eigenvalue weighted by molar-refractivity contribution is 0.0468. The molecule has 7 nitrogen and oxygen atoms in total. The minimum absolute atomic E-state index is 0.0887. The van der Waals surface area contributed by atoms with E-state index in [1.54, 1.807) is 42.4 Å². The molecule has 0 spiro atoms. The molecule has 0 radical (unpaired) electrons. The van der Waals surface area contributed by atoms with Gasteiger partial charge in [-0.1, -0.05) is 12.1 Å². The summed E-state index contributed by atoms with van der Waals surface area (Å²) < 4.78 is 12.3. The molecule has 4 rings (SSSR count). The summed E-state index contributed by atoms with van der Waals surface area (Å²) in [5, 5.41) is 6.78. The lowest BCUT2D eigenvalue weighted by Crippen LogP contribution is -2.07. The Morgan fingerprint density at radius 1 is 1.18 bits per heavy atom. The van der Waals surface area contributed by atoms with Crippen molar-refractivity contribution in [1.82, 2.24) is 19.7 Å². The van der Waals surface area contributed by atoms with Gasteiger partial charge in [0.25, 0.3) is 0 Å². The Kier molecular flexibility index (Phi) is 5.11. The summed E-state index contributed by atoms with van der Waals surface area (Å²) in [6, 6.07) is 12.8. The van der Waals surface area contributed by atoms with Crippen molar-refractivity contribution in [1.29, 1.82) is 0 Å². The van der Waals surface area contributed by atoms with Gasteiger partial charge in [0.15, 0.2) is 5.82 Å². The topological polar surface area (TPSA) is 79.1 Å². The number of hydrogen-bond donors (Lipinski definition) is 0. The quantitative estimate of drug-likeness (QED) is 0.465. The van der Waals surface area contributed by atoms with Gasteiger partial charge in [-0.3, -0.25) is 0 Å². The lowest BCUT2D eigenvalue weighted by atomic mass is 10.2. The summed E-state index contributed by atoms with van der Waals surface area (Å²) in [5.74, 6) is 0.928. The second kappa shape index (κ2) is 8.01. The van der Waals surface area contributed by atoms with E-state index in [1.807, 2.05) is 29.6 Å². The Balaban J connectivity index is 1.41. The Hall–Kier alpha value is -3.52. The van der Waals surface area contributed by atoms with E-state index >= 15 is 0 Å². The van der Waals surface area contributed by atoms with Crippen molar-refractivity contribution in [2.75, 3.05) is 7.11 Å². The van der Waals surface area contributed by atoms with Crippen LogP contribution in [0.5, 0.6) is 5.75 Å². The molecular formula is C20H16N4O3S. The van der Waals surface area contributed by atoms with Gasteiger partial charge in [-0.05, 0) is 30.3 Å². The van der Waals surface area contributed by atoms with Crippen LogP contribution < -0.4 is 4.74 Å². The molecule has 0 N–H and O–H groups in total. The Morgan fingerprint density at radius 3 is 2.82 bits per heavy atom. The number of rotatable bonds is 6. The van der Waals surface area contributed by atoms with E-state index in [1.165, 1.54) is 17.5 Å². The monoisotopic (exact) mass is 392 g/mol. The van der Waals surface area contributed by atoms with Crippen LogP contribution in [0.3, 0.4) is 0 Å². The Bertz CT molecular complexity index is 1080. The maximum Gasteiger partial charge on any atom is 0.340 e. The highest BCUT2D eigenvalue weighted by Crippen LogP contribution is 2.32. The minimum atomic E-state index is -0.452. The number of carbonyl (C=O) groups excluding carboxylic acids is 1. The molecule has 0 saturated carbocycles. The number of benzene rings is 1. The number of carbonyl (C=O) groups is 1. The highest BCUT2D eigenvalue weighted by atomic mass is 32.1. The number of aromatic nitrogens is 4. The van der Waals surface area contributed by atoms with Crippen molar-refractivity contribution >= 4 is 17.3 Å². The van der Waals surface area contributed by atoms with E-state index in [9.17, 15) is 4.79 Å². The number of pyridine rings is 1. The summed E-state index contributed by atoms with van der Waals surface area (Å²) in [6.45, 7) is 0.0887. The van der Waals surface area contributed by atoms with E-state index in [-0.39, 0.29) is 6.61 Å². The number of methoxy groups -OCH3 is 1. The van der Waals surface area contributed by atoms with Crippen LogP contribution in [0, 0.1) is 0 Å². The Morgan fingerprint density at radius 2 is 2.07 bits per heavy atom. The molecule has 1 aromatic carbocycles. The van der Waals surface area contributed by atoms with Gasteiger partial charge >= 0.3 is 5.97 Å². The number of thiazole rings is 1. The highest BCUT2D eigenvalue weighted by Gasteiger charge is 2.13. The maximum atomic E-state index is 12.3. The predicted molar refractivity (Wildman–Crippen MR) is 105 cm³/mol. The first kappa shape index (κ1) is 17.9. The van der Waals surface area contributed by atoms with Crippen LogP contribution in [-0.2, 0) is 11.3 Å². The number of hydrogen-bond acceptors (Lipinski definition) is 7. The molecule has 3 aromatic heterocycles. The zero-order valence-corrected chi connectivity index (χ0v) is 15.8. The van der Waals surface area contributed by atoms with Crippen LogP contribution in [0.15, 0.2) is 66.4 Å². The van der Waals surface area contributed by atoms with E-state index in [0.717, 1.165) is 16.3 Å². The van der Waals surface area contributed by atoms with E-state index in [0.29, 0.717) is 17.1 Å². The fourth-order valence-corrected chi connectivity index (χ4v) is 3.42. The van der Waals surface area contributed by atoms with Crippen LogP contribution in [-0.4, -0.2) is 32.8 Å². The highest BCUT2D eigenvalue weighted by molar-refractivity contribution is 7.13. The van der Waals surface area contributed by atoms with Crippen LogP contribution in [0.25, 0.3) is 16.4 Å². The molecule has 8 heteroatoms. The normalized spacial score (nSPS) is 10.6. The average Bonchev–Trinajstić information content (AvgIpc) is 3.44. The van der Waals surface area contributed by atoms with Gasteiger partial charge in [0.1, 0.15) is 17.4 Å². The van der Waals surface area contributed by atoms with Crippen molar-refractivity contribution in [2.45, 2.75) is 6.61 Å². The second-order valence-corrected chi connectivity index (χ2v) is 6.63. The van der Waals surface area contributed by atoms with Crippen LogP contribution in [0.4, 0.5) is 0 Å². The lowest BCUT2D eigenvalue weighted by Gasteiger charge is -2.05. The van der Waals surface area contributed by atoms with Gasteiger partial charge in [-0.25, -0.2) is 19.4 Å². The molecule has 0 saturated heterocycles. The molecule has 0 unspecified atom stereocenters. The molecule has 140 valence electrons. The molecule has 0 fully saturated rings. The smallest absolute Gasteiger partial charge is 0.340 e. The second-order valence-electron chi connectivity index (χ2n) is 5.78. The van der Waals surface area contributed by atoms with Crippen molar-refractivity contribution in [2.24, 2.45) is 0 Å². The third-order valence-electron chi connectivity index (χ3n) is 3.96. The third-order valence-corrected chi connectivity index (χ3v) is 4.89. The summed E-state index contributed by atoms with van der Waals surface area (Å²) in [6.07, 6.45) is 4.92. The van der Waals surface area contributed by atoms with Gasteiger partial charge < -0.3 is 9.47 Å². The SMILES string of the molecule is COc1ccccc1-c1nc(COC(=O)c2ccc(-n3cccn3)nc2)cs1. The van der Waals surface area contributed by atoms with E-state index in [4.69, 9.17) is 9.47 Å². The summed E-state index contributed by atoms with van der Waals surface area (Å²) >= 11 is 1.48. The molecule has 28 heavy (non-hydrogen) atoms. The maximum absolute atomic E-state index is 12.3. The van der Waals surface area contributed by atoms with E-state index < -0.39 is 5.97 Å². The molecule has 0 aliphatic heterocycles. The number of ether oxygens (including phenoxy) is 2. The number of para-hydroxylation sites is 1. The van der Waals surface area contributed by atoms with Crippen LogP contribution >= 0.6 is 11.3 Å². The molecule has 0 aliphatic carbocycles. The van der Waals surface area contributed by atoms with Crippen molar-refractivity contribution < 1.29 is 14.3 Å². The number of esters is 1. The molecule has 4 aromatic rings. The summed E-state index contributed by atoms with van der Waals surface area (Å²) in [7, 11) is 1.63. The summed E-state index contributed by atoms with van der Waals surface area (Å²) in [5.41, 5.74) is 1.96. The first-order chi connectivity index (χ1) is 13.7. The van der Waals surface area contributed by atoms with Crippen molar-refractivity contribution in [3.8, 4) is 22.1 Å². The predicted octanol–water partition coefficient (Wildman–Crippen LogP) is 3.76. The molecule has 0 atom stereocenters. The van der Waals surface area contributed by atoms with Gasteiger partial charge in [0.05, 0.1) is 23.9 Å². The molecule has 0 aliphatic rings. The molecule has 0 bridgehead atoms. The average molecular weight is 392 g/mol. The molecule has 3 heterocycles. The van der Waals surface area contributed by atoms with Gasteiger partial charge in [-0.2, -0.15) is 5.10 Å². The standard InChI is InChI=1S/C20H16N4O3S/c1-26-17-6-3-2-5-16(17)19-23-15(13-28-19)12-27-20(25)14-7-8-18(21-11-14)24-10-4-9-22-24/h2-11,13H,12H2,1H3. The van der Waals surface area contributed by atoms with Crippen molar-refractivity contribution in [3.63, 3.8) is 0 Å². The van der Waals surface area contributed by atoms with E-state index in [2.05, 4.69) is 15.1 Å². The third kappa shape index (κ3) is 3.77. The van der Waals surface area contributed by atoms with Crippen LogP contribution in [0.1, 0.15) is 16.1 Å². The van der Waals surface area contributed by atoms with Crippen molar-refractivity contribution in [3.05, 3.63) is 77.7 Å². The van der Waals surface area contributed by atoms with Gasteiger partial charge in [-0.15, -0.1) is 11.3 Å². The first-order valence-electron chi connectivity index (χ1n) is 8.45. The fraction of sp³-hybridized carbons (Fsp3) is 0.100. The number of nitrogens with zero attached hydrogens (tertiary/aromatic N) is 4. The first-order valence-corrected chi connectivity index (χ1v) is 9.33. The fourth-order valence-electron chi connectivity index (χ4n) is 2.59. The largest absolute Gasteiger partial charge is 0.496 e. The zero-order chi connectivity index (χ0) is 19.3. The van der Waals surface area contributed by atoms with Gasteiger partial charge in [0, 0.05) is 24.0 Å².